The first-order chi connectivity index (χ1) is 12.5. The van der Waals surface area contributed by atoms with E-state index in [1.54, 1.807) is 0 Å². The zero-order chi connectivity index (χ0) is 18.5. The smallest absolute Gasteiger partial charge is 0.226 e. The van der Waals surface area contributed by atoms with Crippen molar-refractivity contribution in [1.29, 1.82) is 0 Å². The summed E-state index contributed by atoms with van der Waals surface area (Å²) in [4.78, 5) is 16.7. The number of anilines is 1. The first-order valence-corrected chi connectivity index (χ1v) is 9.28. The predicted octanol–water partition coefficient (Wildman–Crippen LogP) is 2.88. The fourth-order valence-electron chi connectivity index (χ4n) is 3.54. The summed E-state index contributed by atoms with van der Waals surface area (Å²) in [6.45, 7) is 1.78. The van der Waals surface area contributed by atoms with Crippen LogP contribution in [0.2, 0.25) is 0 Å². The molecule has 26 heavy (non-hydrogen) atoms. The van der Waals surface area contributed by atoms with Gasteiger partial charge in [-0.25, -0.2) is 0 Å². The first kappa shape index (κ1) is 18.5. The van der Waals surface area contributed by atoms with Crippen molar-refractivity contribution in [3.05, 3.63) is 65.2 Å². The van der Waals surface area contributed by atoms with Crippen molar-refractivity contribution in [1.82, 2.24) is 4.90 Å². The van der Waals surface area contributed by atoms with E-state index in [-0.39, 0.29) is 12.5 Å². The van der Waals surface area contributed by atoms with E-state index in [0.29, 0.717) is 12.3 Å². The highest BCUT2D eigenvalue weighted by Crippen LogP contribution is 2.22. The second-order valence-electron chi connectivity index (χ2n) is 7.41. The minimum absolute atomic E-state index is 0.0848. The lowest BCUT2D eigenvalue weighted by molar-refractivity contribution is -0.129. The van der Waals surface area contributed by atoms with Gasteiger partial charge in [-0.15, -0.1) is 0 Å². The van der Waals surface area contributed by atoms with Gasteiger partial charge < -0.3 is 14.9 Å². The Kier molecular flexibility index (Phi) is 5.94. The Balaban J connectivity index is 1.51. The molecule has 1 aliphatic rings. The SMILES string of the molecule is CN(C)c1ccc(CC(=O)N2CC[C@H](Cc3ccc(CO)cc3)C2)cc1. The van der Waals surface area contributed by atoms with Gasteiger partial charge >= 0.3 is 0 Å². The molecule has 2 aromatic rings. The van der Waals surface area contributed by atoms with Gasteiger partial charge in [0.1, 0.15) is 0 Å². The van der Waals surface area contributed by atoms with E-state index < -0.39 is 0 Å². The summed E-state index contributed by atoms with van der Waals surface area (Å²) in [7, 11) is 4.03. The fraction of sp³-hybridized carbons (Fsp3) is 0.409. The van der Waals surface area contributed by atoms with Crippen LogP contribution in [0.25, 0.3) is 0 Å². The number of benzene rings is 2. The second-order valence-corrected chi connectivity index (χ2v) is 7.41. The van der Waals surface area contributed by atoms with Gasteiger partial charge in [0, 0.05) is 32.9 Å². The largest absolute Gasteiger partial charge is 0.392 e. The molecule has 0 unspecified atom stereocenters. The number of likely N-dealkylation sites (tertiary alicyclic amines) is 1. The van der Waals surface area contributed by atoms with Crippen LogP contribution in [0.4, 0.5) is 5.69 Å². The number of amides is 1. The third-order valence-electron chi connectivity index (χ3n) is 5.18. The molecule has 2 aromatic carbocycles. The van der Waals surface area contributed by atoms with Crippen LogP contribution in [0.15, 0.2) is 48.5 Å². The minimum Gasteiger partial charge on any atom is -0.392 e. The molecule has 4 heteroatoms. The molecule has 1 heterocycles. The van der Waals surface area contributed by atoms with E-state index in [0.717, 1.165) is 42.7 Å². The van der Waals surface area contributed by atoms with Crippen molar-refractivity contribution < 1.29 is 9.90 Å². The molecule has 0 aromatic heterocycles. The van der Waals surface area contributed by atoms with Gasteiger partial charge in [-0.1, -0.05) is 36.4 Å². The molecule has 1 atom stereocenters. The van der Waals surface area contributed by atoms with Crippen molar-refractivity contribution in [3.8, 4) is 0 Å². The Labute approximate surface area is 156 Å². The standard InChI is InChI=1S/C22H28N2O2/c1-23(2)21-9-7-18(8-10-21)14-22(26)24-12-11-20(15-24)13-17-3-5-19(16-25)6-4-17/h3-10,20,25H,11-16H2,1-2H3/t20-/m1/s1. The van der Waals surface area contributed by atoms with E-state index in [1.165, 1.54) is 5.56 Å². The highest BCUT2D eigenvalue weighted by molar-refractivity contribution is 5.79. The van der Waals surface area contributed by atoms with Crippen LogP contribution in [0.5, 0.6) is 0 Å². The van der Waals surface area contributed by atoms with Crippen molar-refractivity contribution in [2.24, 2.45) is 5.92 Å². The summed E-state index contributed by atoms with van der Waals surface area (Å²) in [5.74, 6) is 0.746. The number of nitrogens with zero attached hydrogens (tertiary/aromatic N) is 2. The van der Waals surface area contributed by atoms with Crippen LogP contribution >= 0.6 is 0 Å². The molecule has 4 nitrogen and oxygen atoms in total. The van der Waals surface area contributed by atoms with E-state index >= 15 is 0 Å². The molecule has 0 saturated carbocycles. The van der Waals surface area contributed by atoms with Crippen LogP contribution < -0.4 is 4.90 Å². The number of aliphatic hydroxyl groups excluding tert-OH is 1. The van der Waals surface area contributed by atoms with Crippen LogP contribution in [-0.4, -0.2) is 43.1 Å². The number of hydrogen-bond acceptors (Lipinski definition) is 3. The van der Waals surface area contributed by atoms with Crippen molar-refractivity contribution in [3.63, 3.8) is 0 Å². The normalized spacial score (nSPS) is 16.7. The van der Waals surface area contributed by atoms with E-state index in [1.807, 2.05) is 43.3 Å². The maximum absolute atomic E-state index is 12.6. The number of hydrogen-bond donors (Lipinski definition) is 1. The Morgan fingerprint density at radius 2 is 1.65 bits per heavy atom. The number of carbonyl (C=O) groups is 1. The quantitative estimate of drug-likeness (QED) is 0.869. The monoisotopic (exact) mass is 352 g/mol. The van der Waals surface area contributed by atoms with E-state index in [4.69, 9.17) is 5.11 Å². The van der Waals surface area contributed by atoms with Crippen molar-refractivity contribution in [2.45, 2.75) is 25.9 Å². The maximum Gasteiger partial charge on any atom is 0.226 e. The Bertz CT molecular complexity index is 723. The maximum atomic E-state index is 12.6. The summed E-state index contributed by atoms with van der Waals surface area (Å²) in [6, 6.07) is 16.3. The Morgan fingerprint density at radius 1 is 1.04 bits per heavy atom. The molecule has 0 bridgehead atoms. The van der Waals surface area contributed by atoms with Gasteiger partial charge in [0.15, 0.2) is 0 Å². The van der Waals surface area contributed by atoms with Crippen LogP contribution in [0.1, 0.15) is 23.1 Å². The highest BCUT2D eigenvalue weighted by Gasteiger charge is 2.26. The summed E-state index contributed by atoms with van der Waals surface area (Å²) in [6.07, 6.45) is 2.53. The lowest BCUT2D eigenvalue weighted by Gasteiger charge is -2.17. The number of aliphatic hydroxyl groups is 1. The van der Waals surface area contributed by atoms with Gasteiger partial charge in [0.25, 0.3) is 0 Å². The minimum atomic E-state index is 0.0848. The van der Waals surface area contributed by atoms with Crippen molar-refractivity contribution in [2.75, 3.05) is 32.1 Å². The third kappa shape index (κ3) is 4.64. The average molecular weight is 352 g/mol. The molecule has 1 N–H and O–H groups in total. The van der Waals surface area contributed by atoms with E-state index in [2.05, 4.69) is 29.2 Å². The van der Waals surface area contributed by atoms with Gasteiger partial charge in [0.2, 0.25) is 5.91 Å². The molecular weight excluding hydrogens is 324 g/mol. The lowest BCUT2D eigenvalue weighted by Crippen LogP contribution is -2.30. The zero-order valence-corrected chi connectivity index (χ0v) is 15.7. The molecule has 0 aliphatic carbocycles. The van der Waals surface area contributed by atoms with E-state index in [9.17, 15) is 4.79 Å². The molecule has 0 radical (unpaired) electrons. The van der Waals surface area contributed by atoms with Gasteiger partial charge in [0.05, 0.1) is 13.0 Å². The molecule has 3 rings (SSSR count). The molecule has 0 spiro atoms. The summed E-state index contributed by atoms with van der Waals surface area (Å²) in [5, 5.41) is 9.13. The molecular formula is C22H28N2O2. The fourth-order valence-corrected chi connectivity index (χ4v) is 3.54. The Hall–Kier alpha value is -2.33. The highest BCUT2D eigenvalue weighted by atomic mass is 16.3. The summed E-state index contributed by atoms with van der Waals surface area (Å²) < 4.78 is 0. The van der Waals surface area contributed by atoms with Crippen molar-refractivity contribution >= 4 is 11.6 Å². The lowest BCUT2D eigenvalue weighted by atomic mass is 9.98. The van der Waals surface area contributed by atoms with Gasteiger partial charge in [-0.2, -0.15) is 0 Å². The number of carbonyl (C=O) groups excluding carboxylic acids is 1. The summed E-state index contributed by atoms with van der Waals surface area (Å²) >= 11 is 0. The predicted molar refractivity (Wildman–Crippen MR) is 105 cm³/mol. The van der Waals surface area contributed by atoms with Crippen LogP contribution in [0.3, 0.4) is 0 Å². The molecule has 138 valence electrons. The third-order valence-corrected chi connectivity index (χ3v) is 5.18. The first-order valence-electron chi connectivity index (χ1n) is 9.28. The van der Waals surface area contributed by atoms with Gasteiger partial charge in [-0.3, -0.25) is 4.79 Å². The van der Waals surface area contributed by atoms with Gasteiger partial charge in [-0.05, 0) is 47.6 Å². The van der Waals surface area contributed by atoms with Crippen LogP contribution in [-0.2, 0) is 24.2 Å². The number of rotatable bonds is 6. The van der Waals surface area contributed by atoms with Crippen LogP contribution in [0, 0.1) is 5.92 Å². The summed E-state index contributed by atoms with van der Waals surface area (Å²) in [5.41, 5.74) is 4.44. The second kappa shape index (κ2) is 8.37. The zero-order valence-electron chi connectivity index (χ0n) is 15.7. The topological polar surface area (TPSA) is 43.8 Å². The molecule has 1 aliphatic heterocycles. The molecule has 1 amide bonds. The average Bonchev–Trinajstić information content (AvgIpc) is 3.11. The Morgan fingerprint density at radius 3 is 2.27 bits per heavy atom. The molecule has 1 fully saturated rings. The molecule has 1 saturated heterocycles.